The third kappa shape index (κ3) is 2.31. The zero-order valence-electron chi connectivity index (χ0n) is 11.5. The highest BCUT2D eigenvalue weighted by molar-refractivity contribution is 6.05. The normalized spacial score (nSPS) is 10.5. The Morgan fingerprint density at radius 1 is 1.05 bits per heavy atom. The van der Waals surface area contributed by atoms with E-state index in [0.29, 0.717) is 5.69 Å². The first-order chi connectivity index (χ1) is 10.2. The molecule has 4 heteroatoms. The van der Waals surface area contributed by atoms with Gasteiger partial charge in [0, 0.05) is 24.3 Å². The summed E-state index contributed by atoms with van der Waals surface area (Å²) in [6.45, 7) is 0. The van der Waals surface area contributed by atoms with Crippen molar-refractivity contribution in [3.8, 4) is 0 Å². The van der Waals surface area contributed by atoms with Gasteiger partial charge in [0.15, 0.2) is 0 Å². The number of rotatable bonds is 3. The molecule has 0 atom stereocenters. The second-order valence-corrected chi connectivity index (χ2v) is 4.74. The number of fused-ring (bicyclic) bond motifs is 1. The summed E-state index contributed by atoms with van der Waals surface area (Å²) in [6, 6.07) is 17.2. The maximum absolute atomic E-state index is 11.5. The monoisotopic (exact) mass is 278 g/mol. The summed E-state index contributed by atoms with van der Waals surface area (Å²) >= 11 is 0. The van der Waals surface area contributed by atoms with Crippen LogP contribution in [0.5, 0.6) is 0 Å². The molecule has 21 heavy (non-hydrogen) atoms. The summed E-state index contributed by atoms with van der Waals surface area (Å²) in [5.74, 6) is -0.981. The van der Waals surface area contributed by atoms with E-state index in [9.17, 15) is 9.90 Å². The number of nitrogens with zero attached hydrogens (tertiary/aromatic N) is 2. The molecular formula is C17H14N2O2. The fourth-order valence-corrected chi connectivity index (χ4v) is 2.43. The van der Waals surface area contributed by atoms with Crippen LogP contribution in [-0.2, 0) is 0 Å². The Kier molecular flexibility index (Phi) is 3.28. The highest BCUT2D eigenvalue weighted by Crippen LogP contribution is 2.33. The predicted octanol–water partition coefficient (Wildman–Crippen LogP) is 3.70. The molecule has 1 N–H and O–H groups in total. The van der Waals surface area contributed by atoms with Gasteiger partial charge in [-0.2, -0.15) is 0 Å². The Labute approximate surface area is 122 Å². The topological polar surface area (TPSA) is 53.4 Å². The first-order valence-corrected chi connectivity index (χ1v) is 6.58. The van der Waals surface area contributed by atoms with E-state index in [1.54, 1.807) is 0 Å². The van der Waals surface area contributed by atoms with Crippen molar-refractivity contribution in [2.45, 2.75) is 0 Å². The molecule has 1 heterocycles. The number of hydrogen-bond donors (Lipinski definition) is 1. The van der Waals surface area contributed by atoms with Crippen molar-refractivity contribution < 1.29 is 9.90 Å². The molecule has 0 unspecified atom stereocenters. The molecule has 0 spiro atoms. The van der Waals surface area contributed by atoms with Crippen LogP contribution in [0, 0.1) is 0 Å². The van der Waals surface area contributed by atoms with Crippen molar-refractivity contribution in [2.75, 3.05) is 11.9 Å². The molecule has 3 rings (SSSR count). The van der Waals surface area contributed by atoms with E-state index in [1.165, 1.54) is 6.20 Å². The molecule has 4 nitrogen and oxygen atoms in total. The quantitative estimate of drug-likeness (QED) is 0.793. The lowest BCUT2D eigenvalue weighted by Crippen LogP contribution is -2.15. The van der Waals surface area contributed by atoms with Crippen LogP contribution in [-0.4, -0.2) is 23.1 Å². The van der Waals surface area contributed by atoms with Crippen molar-refractivity contribution >= 4 is 28.2 Å². The molecule has 1 aromatic heterocycles. The van der Waals surface area contributed by atoms with E-state index in [2.05, 4.69) is 4.98 Å². The maximum Gasteiger partial charge on any atom is 0.339 e. The van der Waals surface area contributed by atoms with Gasteiger partial charge in [0.25, 0.3) is 0 Å². The van der Waals surface area contributed by atoms with Gasteiger partial charge >= 0.3 is 5.97 Å². The number of anilines is 2. The number of carboxylic acids is 1. The lowest BCUT2D eigenvalue weighted by atomic mass is 10.1. The average molecular weight is 278 g/mol. The average Bonchev–Trinajstić information content (AvgIpc) is 2.53. The zero-order chi connectivity index (χ0) is 14.8. The van der Waals surface area contributed by atoms with Crippen molar-refractivity contribution in [1.82, 2.24) is 4.98 Å². The minimum atomic E-state index is -0.981. The van der Waals surface area contributed by atoms with Gasteiger partial charge in [-0.1, -0.05) is 36.4 Å². The highest BCUT2D eigenvalue weighted by atomic mass is 16.4. The maximum atomic E-state index is 11.5. The van der Waals surface area contributed by atoms with Crippen LogP contribution in [0.3, 0.4) is 0 Å². The Balaban J connectivity index is 2.28. The number of hydrogen-bond acceptors (Lipinski definition) is 3. The predicted molar refractivity (Wildman–Crippen MR) is 83.2 cm³/mol. The van der Waals surface area contributed by atoms with Crippen LogP contribution in [0.4, 0.5) is 11.4 Å². The van der Waals surface area contributed by atoms with Gasteiger partial charge in [-0.3, -0.25) is 4.98 Å². The van der Waals surface area contributed by atoms with Crippen LogP contribution < -0.4 is 4.90 Å². The SMILES string of the molecule is CN(c1ccccc1)c1c(C(=O)O)cnc2ccccc12. The fraction of sp³-hybridized carbons (Fsp3) is 0.0588. The van der Waals surface area contributed by atoms with E-state index in [-0.39, 0.29) is 5.56 Å². The lowest BCUT2D eigenvalue weighted by Gasteiger charge is -2.23. The van der Waals surface area contributed by atoms with Crippen LogP contribution in [0.2, 0.25) is 0 Å². The summed E-state index contributed by atoms with van der Waals surface area (Å²) in [6.07, 6.45) is 1.42. The van der Waals surface area contributed by atoms with Crippen molar-refractivity contribution in [2.24, 2.45) is 0 Å². The second-order valence-electron chi connectivity index (χ2n) is 4.74. The molecule has 0 aliphatic carbocycles. The number of benzene rings is 2. The van der Waals surface area contributed by atoms with Gasteiger partial charge in [0.2, 0.25) is 0 Å². The molecule has 0 saturated heterocycles. The zero-order valence-corrected chi connectivity index (χ0v) is 11.5. The van der Waals surface area contributed by atoms with E-state index >= 15 is 0 Å². The third-order valence-corrected chi connectivity index (χ3v) is 3.46. The molecule has 104 valence electrons. The summed E-state index contributed by atoms with van der Waals surface area (Å²) < 4.78 is 0. The van der Waals surface area contributed by atoms with Crippen molar-refractivity contribution in [3.05, 3.63) is 66.4 Å². The third-order valence-electron chi connectivity index (χ3n) is 3.46. The van der Waals surface area contributed by atoms with Gasteiger partial charge in [0.1, 0.15) is 5.56 Å². The van der Waals surface area contributed by atoms with Gasteiger partial charge in [-0.15, -0.1) is 0 Å². The van der Waals surface area contributed by atoms with Crippen LogP contribution in [0.1, 0.15) is 10.4 Å². The summed E-state index contributed by atoms with van der Waals surface area (Å²) in [7, 11) is 1.86. The molecule has 0 aliphatic heterocycles. The van der Waals surface area contributed by atoms with Gasteiger partial charge in [-0.05, 0) is 18.2 Å². The smallest absolute Gasteiger partial charge is 0.339 e. The number of para-hydroxylation sites is 2. The number of aromatic nitrogens is 1. The highest BCUT2D eigenvalue weighted by Gasteiger charge is 2.18. The second kappa shape index (κ2) is 5.25. The number of carboxylic acid groups (broad SMARTS) is 1. The first-order valence-electron chi connectivity index (χ1n) is 6.58. The molecule has 3 aromatic rings. The van der Waals surface area contributed by atoms with E-state index in [1.807, 2.05) is 66.5 Å². The molecule has 2 aromatic carbocycles. The number of aromatic carboxylic acids is 1. The molecule has 0 bridgehead atoms. The van der Waals surface area contributed by atoms with Gasteiger partial charge in [-0.25, -0.2) is 4.79 Å². The lowest BCUT2D eigenvalue weighted by molar-refractivity contribution is 0.0697. The van der Waals surface area contributed by atoms with Crippen molar-refractivity contribution in [3.63, 3.8) is 0 Å². The largest absolute Gasteiger partial charge is 0.478 e. The molecular weight excluding hydrogens is 264 g/mol. The summed E-state index contributed by atoms with van der Waals surface area (Å²) in [5, 5.41) is 10.3. The molecule has 0 fully saturated rings. The first kappa shape index (κ1) is 13.1. The van der Waals surface area contributed by atoms with Gasteiger partial charge < -0.3 is 10.0 Å². The van der Waals surface area contributed by atoms with Crippen LogP contribution in [0.15, 0.2) is 60.8 Å². The number of pyridine rings is 1. The molecule has 0 amide bonds. The standard InChI is InChI=1S/C17H14N2O2/c1-19(12-7-3-2-4-8-12)16-13-9-5-6-10-15(13)18-11-14(16)17(20)21/h2-11H,1H3,(H,20,21). The minimum Gasteiger partial charge on any atom is -0.478 e. The Bertz CT molecular complexity index is 800. The Morgan fingerprint density at radius 2 is 1.71 bits per heavy atom. The fourth-order valence-electron chi connectivity index (χ4n) is 2.43. The van der Waals surface area contributed by atoms with Gasteiger partial charge in [0.05, 0.1) is 11.2 Å². The number of carbonyl (C=O) groups is 1. The molecule has 0 saturated carbocycles. The summed E-state index contributed by atoms with van der Waals surface area (Å²) in [4.78, 5) is 17.6. The Morgan fingerprint density at radius 3 is 2.43 bits per heavy atom. The van der Waals surface area contributed by atoms with Crippen LogP contribution >= 0.6 is 0 Å². The minimum absolute atomic E-state index is 0.194. The van der Waals surface area contributed by atoms with E-state index in [4.69, 9.17) is 0 Å². The van der Waals surface area contributed by atoms with E-state index < -0.39 is 5.97 Å². The van der Waals surface area contributed by atoms with Crippen LogP contribution in [0.25, 0.3) is 10.9 Å². The molecule has 0 radical (unpaired) electrons. The van der Waals surface area contributed by atoms with Crippen molar-refractivity contribution in [1.29, 1.82) is 0 Å². The van der Waals surface area contributed by atoms with E-state index in [0.717, 1.165) is 16.6 Å². The molecule has 0 aliphatic rings. The Hall–Kier alpha value is -2.88. The summed E-state index contributed by atoms with van der Waals surface area (Å²) in [5.41, 5.74) is 2.55.